The van der Waals surface area contributed by atoms with E-state index in [1.165, 1.54) is 0 Å². The van der Waals surface area contributed by atoms with Crippen molar-refractivity contribution >= 4 is 29.0 Å². The zero-order chi connectivity index (χ0) is 20.5. The number of rotatable bonds is 4. The van der Waals surface area contributed by atoms with E-state index < -0.39 is 0 Å². The molecule has 0 aliphatic carbocycles. The molecule has 1 atom stereocenters. The Morgan fingerprint density at radius 1 is 1.17 bits per heavy atom. The number of nitrogens with one attached hydrogen (secondary N) is 2. The minimum Gasteiger partial charge on any atom is -0.368 e. The second kappa shape index (κ2) is 8.06. The number of fused-ring (bicyclic) bond motifs is 3. The number of hydrogen-bond acceptors (Lipinski definition) is 8. The monoisotopic (exact) mass is 408 g/mol. The molecule has 2 aromatic rings. The molecule has 9 heteroatoms. The second-order valence-electron chi connectivity index (χ2n) is 8.00. The van der Waals surface area contributed by atoms with Crippen molar-refractivity contribution in [1.82, 2.24) is 20.3 Å². The zero-order valence-electron chi connectivity index (χ0n) is 17.3. The Morgan fingerprint density at radius 3 is 2.83 bits per heavy atom. The van der Waals surface area contributed by atoms with E-state index in [0.717, 1.165) is 69.3 Å². The lowest BCUT2D eigenvalue weighted by molar-refractivity contribution is 0.0988. The lowest BCUT2D eigenvalue weighted by atomic mass is 10.2. The zero-order valence-corrected chi connectivity index (χ0v) is 17.3. The Kier molecular flexibility index (Phi) is 5.12. The summed E-state index contributed by atoms with van der Waals surface area (Å²) in [6.45, 7) is 8.12. The highest BCUT2D eigenvalue weighted by Gasteiger charge is 2.37. The first-order valence-corrected chi connectivity index (χ1v) is 10.8. The molecule has 158 valence electrons. The molecular weight excluding hydrogens is 380 g/mol. The average Bonchev–Trinajstić information content (AvgIpc) is 3.22. The van der Waals surface area contributed by atoms with Crippen LogP contribution in [0, 0.1) is 0 Å². The van der Waals surface area contributed by atoms with Crippen LogP contribution in [0.15, 0.2) is 24.7 Å². The number of anilines is 4. The molecule has 5 rings (SSSR count). The summed E-state index contributed by atoms with van der Waals surface area (Å²) >= 11 is 0. The first-order chi connectivity index (χ1) is 14.7. The lowest BCUT2D eigenvalue weighted by Gasteiger charge is -2.31. The van der Waals surface area contributed by atoms with Gasteiger partial charge in [0.2, 0.25) is 5.95 Å². The van der Waals surface area contributed by atoms with Gasteiger partial charge in [-0.05, 0) is 25.8 Å². The number of nitrogens with zero attached hydrogens (tertiary/aromatic N) is 6. The summed E-state index contributed by atoms with van der Waals surface area (Å²) < 4.78 is 0. The van der Waals surface area contributed by atoms with Gasteiger partial charge in [0.1, 0.15) is 11.4 Å². The number of carbonyl (C=O) groups excluding carboxylic acids is 1. The Balaban J connectivity index is 1.51. The molecule has 2 fully saturated rings. The van der Waals surface area contributed by atoms with Gasteiger partial charge in [-0.25, -0.2) is 4.98 Å². The van der Waals surface area contributed by atoms with Crippen LogP contribution in [0.2, 0.25) is 0 Å². The fourth-order valence-corrected chi connectivity index (χ4v) is 4.61. The summed E-state index contributed by atoms with van der Waals surface area (Å²) in [5.74, 6) is 1.27. The molecule has 2 saturated heterocycles. The number of pyridine rings is 1. The van der Waals surface area contributed by atoms with Gasteiger partial charge in [-0.1, -0.05) is 0 Å². The number of carbonyl (C=O) groups is 1. The van der Waals surface area contributed by atoms with Gasteiger partial charge in [0, 0.05) is 58.1 Å². The summed E-state index contributed by atoms with van der Waals surface area (Å²) in [5.41, 5.74) is 2.47. The molecule has 1 amide bonds. The van der Waals surface area contributed by atoms with Crippen LogP contribution in [-0.4, -0.2) is 72.7 Å². The van der Waals surface area contributed by atoms with Crippen molar-refractivity contribution < 1.29 is 4.79 Å². The van der Waals surface area contributed by atoms with Crippen LogP contribution < -0.4 is 25.3 Å². The number of piperazine rings is 1. The fourth-order valence-electron chi connectivity index (χ4n) is 4.61. The van der Waals surface area contributed by atoms with Crippen molar-refractivity contribution in [3.8, 4) is 0 Å². The van der Waals surface area contributed by atoms with Crippen molar-refractivity contribution in [1.29, 1.82) is 0 Å². The Labute approximate surface area is 176 Å². The van der Waals surface area contributed by atoms with Gasteiger partial charge in [0.05, 0.1) is 23.8 Å². The summed E-state index contributed by atoms with van der Waals surface area (Å²) in [6, 6.07) is 2.34. The predicted molar refractivity (Wildman–Crippen MR) is 118 cm³/mol. The molecular formula is C21H28N8O. The molecule has 0 spiro atoms. The largest absolute Gasteiger partial charge is 0.368 e. The second-order valence-corrected chi connectivity index (χ2v) is 8.00. The van der Waals surface area contributed by atoms with Gasteiger partial charge < -0.3 is 25.3 Å². The van der Waals surface area contributed by atoms with Crippen LogP contribution in [-0.2, 0) is 0 Å². The van der Waals surface area contributed by atoms with Crippen LogP contribution in [0.25, 0.3) is 0 Å². The molecule has 9 nitrogen and oxygen atoms in total. The van der Waals surface area contributed by atoms with Gasteiger partial charge in [-0.3, -0.25) is 9.78 Å². The molecule has 0 radical (unpaired) electrons. The van der Waals surface area contributed by atoms with Crippen molar-refractivity contribution in [2.24, 2.45) is 0 Å². The molecule has 3 aliphatic heterocycles. The first kappa shape index (κ1) is 19.0. The highest BCUT2D eigenvalue weighted by atomic mass is 16.2. The third kappa shape index (κ3) is 3.43. The molecule has 0 bridgehead atoms. The maximum Gasteiger partial charge on any atom is 0.263 e. The molecule has 0 unspecified atom stereocenters. The van der Waals surface area contributed by atoms with Gasteiger partial charge >= 0.3 is 0 Å². The van der Waals surface area contributed by atoms with E-state index in [4.69, 9.17) is 4.98 Å². The minimum atomic E-state index is -0.0540. The van der Waals surface area contributed by atoms with E-state index in [9.17, 15) is 4.79 Å². The summed E-state index contributed by atoms with van der Waals surface area (Å²) in [6.07, 6.45) is 7.50. The average molecular weight is 409 g/mol. The molecule has 0 aromatic carbocycles. The Hall–Kier alpha value is -2.94. The topological polar surface area (TPSA) is 89.5 Å². The van der Waals surface area contributed by atoms with Gasteiger partial charge in [-0.2, -0.15) is 4.98 Å². The summed E-state index contributed by atoms with van der Waals surface area (Å²) in [7, 11) is 0. The van der Waals surface area contributed by atoms with Gasteiger partial charge in [-0.15, -0.1) is 0 Å². The van der Waals surface area contributed by atoms with E-state index in [1.54, 1.807) is 12.4 Å². The van der Waals surface area contributed by atoms with Crippen LogP contribution in [0.4, 0.5) is 23.1 Å². The summed E-state index contributed by atoms with van der Waals surface area (Å²) in [5, 5.41) is 6.54. The van der Waals surface area contributed by atoms with Crippen LogP contribution in [0.3, 0.4) is 0 Å². The van der Waals surface area contributed by atoms with Crippen LogP contribution in [0.5, 0.6) is 0 Å². The third-order valence-electron chi connectivity index (χ3n) is 6.12. The Morgan fingerprint density at radius 2 is 2.00 bits per heavy atom. The van der Waals surface area contributed by atoms with E-state index in [0.29, 0.717) is 18.1 Å². The fraction of sp³-hybridized carbons (Fsp3) is 0.524. The molecule has 2 N–H and O–H groups in total. The standard InChI is InChI=1S/C21H28N8O/c1-2-24-21-25-13-18-19(26-21)28-7-3-4-15(28)14-29(20(18)30)17-10-16(11-23-12-17)27-8-5-22-6-9-27/h10-13,15,22H,2-9,14H2,1H3,(H,24,25,26)/t15-/m0/s1. The summed E-state index contributed by atoms with van der Waals surface area (Å²) in [4.78, 5) is 33.6. The normalized spacial score (nSPS) is 21.3. The van der Waals surface area contributed by atoms with Crippen molar-refractivity contribution in [2.75, 3.05) is 65.8 Å². The van der Waals surface area contributed by atoms with Crippen molar-refractivity contribution in [3.63, 3.8) is 0 Å². The van der Waals surface area contributed by atoms with Gasteiger partial charge in [0.25, 0.3) is 5.91 Å². The van der Waals surface area contributed by atoms with Crippen molar-refractivity contribution in [2.45, 2.75) is 25.8 Å². The molecule has 5 heterocycles. The van der Waals surface area contributed by atoms with E-state index in [-0.39, 0.29) is 11.9 Å². The molecule has 2 aromatic heterocycles. The predicted octanol–water partition coefficient (Wildman–Crippen LogP) is 1.34. The number of aromatic nitrogens is 3. The third-order valence-corrected chi connectivity index (χ3v) is 6.12. The first-order valence-electron chi connectivity index (χ1n) is 10.8. The van der Waals surface area contributed by atoms with Crippen LogP contribution in [0.1, 0.15) is 30.1 Å². The SMILES string of the molecule is CCNc1ncc2c(n1)N1CCC[C@H]1CN(c1cncc(N3CCNCC3)c1)C2=O. The quantitative estimate of drug-likeness (QED) is 0.784. The van der Waals surface area contributed by atoms with E-state index in [1.807, 2.05) is 18.0 Å². The maximum atomic E-state index is 13.6. The van der Waals surface area contributed by atoms with E-state index >= 15 is 0 Å². The smallest absolute Gasteiger partial charge is 0.263 e. The number of hydrogen-bond donors (Lipinski definition) is 2. The van der Waals surface area contributed by atoms with Gasteiger partial charge in [0.15, 0.2) is 0 Å². The minimum absolute atomic E-state index is 0.0540. The Bertz CT molecular complexity index is 929. The highest BCUT2D eigenvalue weighted by molar-refractivity contribution is 6.10. The molecule has 30 heavy (non-hydrogen) atoms. The maximum absolute atomic E-state index is 13.6. The molecule has 3 aliphatic rings. The highest BCUT2D eigenvalue weighted by Crippen LogP contribution is 2.34. The van der Waals surface area contributed by atoms with Crippen LogP contribution >= 0.6 is 0 Å². The number of amides is 1. The molecule has 0 saturated carbocycles. The van der Waals surface area contributed by atoms with Crippen molar-refractivity contribution in [3.05, 3.63) is 30.2 Å². The van der Waals surface area contributed by atoms with E-state index in [2.05, 4.69) is 36.5 Å². The lowest BCUT2D eigenvalue weighted by Crippen LogP contribution is -2.43.